The number of fused-ring (bicyclic) bond motifs is 1. The van der Waals surface area contributed by atoms with Gasteiger partial charge in [-0.25, -0.2) is 0 Å². The van der Waals surface area contributed by atoms with Crippen molar-refractivity contribution in [3.8, 4) is 0 Å². The Kier molecular flexibility index (Phi) is 3.22. The van der Waals surface area contributed by atoms with E-state index in [0.29, 0.717) is 6.41 Å². The summed E-state index contributed by atoms with van der Waals surface area (Å²) in [5.74, 6) is 0. The first-order valence-electron chi connectivity index (χ1n) is 5.30. The largest absolute Gasteiger partial charge is 0.319 e. The van der Waals surface area contributed by atoms with E-state index in [1.807, 2.05) is 31.4 Å². The highest BCUT2D eigenvalue weighted by Gasteiger charge is 2.06. The summed E-state index contributed by atoms with van der Waals surface area (Å²) in [6.07, 6.45) is 3.61. The minimum Gasteiger partial charge on any atom is -0.319 e. The molecule has 0 aliphatic carbocycles. The van der Waals surface area contributed by atoms with Crippen molar-refractivity contribution < 1.29 is 4.79 Å². The molecule has 4 heteroatoms. The smallest absolute Gasteiger partial charge is 0.226 e. The van der Waals surface area contributed by atoms with Crippen molar-refractivity contribution >= 4 is 17.3 Å². The highest BCUT2D eigenvalue weighted by Crippen LogP contribution is 2.20. The van der Waals surface area contributed by atoms with Gasteiger partial charge in [-0.1, -0.05) is 18.2 Å². The number of nitrogens with one attached hydrogen (secondary N) is 2. The average molecular weight is 217 g/mol. The molecule has 1 heterocycles. The maximum Gasteiger partial charge on any atom is 0.226 e. The number of carbonyl (C=O) groups excluding carboxylic acids is 1. The molecule has 1 aromatic heterocycles. The minimum absolute atomic E-state index is 0.689. The fourth-order valence-corrected chi connectivity index (χ4v) is 1.87. The third-order valence-corrected chi connectivity index (χ3v) is 2.63. The lowest BCUT2D eigenvalue weighted by Gasteiger charge is -2.00. The van der Waals surface area contributed by atoms with Crippen molar-refractivity contribution in [1.29, 1.82) is 0 Å². The number of likely N-dealkylation sites (N-methyl/N-ethyl adjacent to an activating group) is 1. The van der Waals surface area contributed by atoms with E-state index in [9.17, 15) is 4.79 Å². The van der Waals surface area contributed by atoms with Crippen molar-refractivity contribution in [2.24, 2.45) is 0 Å². The summed E-state index contributed by atoms with van der Waals surface area (Å²) in [6.45, 7) is 0.926. The van der Waals surface area contributed by atoms with Gasteiger partial charge in [-0.05, 0) is 31.6 Å². The van der Waals surface area contributed by atoms with Gasteiger partial charge < -0.3 is 5.32 Å². The molecule has 0 saturated carbocycles. The van der Waals surface area contributed by atoms with Crippen LogP contribution in [0.3, 0.4) is 0 Å². The maximum atomic E-state index is 10.5. The van der Waals surface area contributed by atoms with E-state index in [0.717, 1.165) is 18.5 Å². The Balaban J connectivity index is 2.44. The standard InChI is InChI=1S/C12H15N3O/c1-13-7-6-10-8-15(14-9-16)12-5-3-2-4-11(10)12/h2-5,8-9,13H,6-7H2,1H3,(H,14,16). The summed E-state index contributed by atoms with van der Waals surface area (Å²) >= 11 is 0. The Morgan fingerprint density at radius 3 is 2.94 bits per heavy atom. The van der Waals surface area contributed by atoms with Gasteiger partial charge in [-0.3, -0.25) is 14.9 Å². The van der Waals surface area contributed by atoms with Crippen LogP contribution in [0.1, 0.15) is 5.56 Å². The number of para-hydroxylation sites is 1. The number of carbonyl (C=O) groups is 1. The van der Waals surface area contributed by atoms with Crippen molar-refractivity contribution in [2.45, 2.75) is 6.42 Å². The van der Waals surface area contributed by atoms with Crippen LogP contribution < -0.4 is 10.7 Å². The lowest BCUT2D eigenvalue weighted by molar-refractivity contribution is -0.106. The molecule has 84 valence electrons. The van der Waals surface area contributed by atoms with Crippen LogP contribution in [0.4, 0.5) is 0 Å². The van der Waals surface area contributed by atoms with Gasteiger partial charge in [0.2, 0.25) is 6.41 Å². The van der Waals surface area contributed by atoms with E-state index >= 15 is 0 Å². The van der Waals surface area contributed by atoms with E-state index in [4.69, 9.17) is 0 Å². The second-order valence-corrected chi connectivity index (χ2v) is 3.64. The second kappa shape index (κ2) is 4.81. The topological polar surface area (TPSA) is 46.1 Å². The summed E-state index contributed by atoms with van der Waals surface area (Å²) < 4.78 is 1.76. The molecule has 0 aliphatic heterocycles. The Bertz CT molecular complexity index is 490. The molecule has 4 nitrogen and oxygen atoms in total. The van der Waals surface area contributed by atoms with Crippen LogP contribution in [0.25, 0.3) is 10.9 Å². The summed E-state index contributed by atoms with van der Waals surface area (Å²) in [7, 11) is 1.93. The van der Waals surface area contributed by atoms with Gasteiger partial charge >= 0.3 is 0 Å². The van der Waals surface area contributed by atoms with Crippen molar-refractivity contribution in [3.63, 3.8) is 0 Å². The number of amides is 1. The molecule has 0 atom stereocenters. The zero-order valence-corrected chi connectivity index (χ0v) is 9.23. The predicted octanol–water partition coefficient (Wildman–Crippen LogP) is 1.10. The number of rotatable bonds is 5. The normalized spacial score (nSPS) is 10.6. The summed E-state index contributed by atoms with van der Waals surface area (Å²) in [4.78, 5) is 10.5. The highest BCUT2D eigenvalue weighted by molar-refractivity contribution is 5.85. The van der Waals surface area contributed by atoms with Gasteiger partial charge in [0.15, 0.2) is 0 Å². The Morgan fingerprint density at radius 1 is 1.38 bits per heavy atom. The minimum atomic E-state index is 0.689. The van der Waals surface area contributed by atoms with Gasteiger partial charge in [0.05, 0.1) is 5.52 Å². The fourth-order valence-electron chi connectivity index (χ4n) is 1.87. The van der Waals surface area contributed by atoms with Crippen molar-refractivity contribution in [1.82, 2.24) is 9.99 Å². The summed E-state index contributed by atoms with van der Waals surface area (Å²) in [5, 5.41) is 4.31. The molecule has 1 amide bonds. The zero-order valence-electron chi connectivity index (χ0n) is 9.23. The van der Waals surface area contributed by atoms with Gasteiger partial charge in [0.1, 0.15) is 0 Å². The van der Waals surface area contributed by atoms with Crippen molar-refractivity contribution in [3.05, 3.63) is 36.0 Å². The molecule has 0 spiro atoms. The van der Waals surface area contributed by atoms with Crippen LogP contribution in [-0.2, 0) is 11.2 Å². The van der Waals surface area contributed by atoms with E-state index in [1.165, 1.54) is 10.9 Å². The summed E-state index contributed by atoms with van der Waals surface area (Å²) in [6, 6.07) is 8.04. The van der Waals surface area contributed by atoms with Gasteiger partial charge in [0.25, 0.3) is 0 Å². The SMILES string of the molecule is CNCCc1cn(NC=O)c2ccccc12. The number of aromatic nitrogens is 1. The first-order valence-corrected chi connectivity index (χ1v) is 5.30. The quantitative estimate of drug-likeness (QED) is 0.737. The number of nitrogens with zero attached hydrogens (tertiary/aromatic N) is 1. The zero-order chi connectivity index (χ0) is 11.4. The van der Waals surface area contributed by atoms with Crippen molar-refractivity contribution in [2.75, 3.05) is 19.0 Å². The molecule has 1 aromatic carbocycles. The van der Waals surface area contributed by atoms with Gasteiger partial charge in [0, 0.05) is 11.6 Å². The molecule has 0 saturated heterocycles. The van der Waals surface area contributed by atoms with E-state index < -0.39 is 0 Å². The lowest BCUT2D eigenvalue weighted by atomic mass is 10.1. The third kappa shape index (κ3) is 1.92. The predicted molar refractivity (Wildman–Crippen MR) is 65.0 cm³/mol. The van der Waals surface area contributed by atoms with E-state index in [1.54, 1.807) is 4.68 Å². The number of hydrogen-bond donors (Lipinski definition) is 2. The molecule has 2 N–H and O–H groups in total. The van der Waals surface area contributed by atoms with Crippen LogP contribution in [-0.4, -0.2) is 24.7 Å². The van der Waals surface area contributed by atoms with E-state index in [-0.39, 0.29) is 0 Å². The molecule has 2 rings (SSSR count). The average Bonchev–Trinajstić information content (AvgIpc) is 2.66. The number of hydrogen-bond acceptors (Lipinski definition) is 2. The first-order chi connectivity index (χ1) is 7.86. The molecular formula is C12H15N3O. The van der Waals surface area contributed by atoms with Crippen LogP contribution in [0.5, 0.6) is 0 Å². The molecule has 2 aromatic rings. The van der Waals surface area contributed by atoms with E-state index in [2.05, 4.69) is 16.8 Å². The molecule has 0 radical (unpaired) electrons. The maximum absolute atomic E-state index is 10.5. The van der Waals surface area contributed by atoms with Crippen LogP contribution in [0, 0.1) is 0 Å². The first kappa shape index (κ1) is 10.7. The molecule has 0 bridgehead atoms. The molecule has 0 fully saturated rings. The molecular weight excluding hydrogens is 202 g/mol. The van der Waals surface area contributed by atoms with Gasteiger partial charge in [-0.2, -0.15) is 0 Å². The van der Waals surface area contributed by atoms with Crippen LogP contribution in [0.2, 0.25) is 0 Å². The Morgan fingerprint density at radius 2 is 2.19 bits per heavy atom. The Labute approximate surface area is 94.2 Å². The molecule has 0 unspecified atom stereocenters. The van der Waals surface area contributed by atoms with Gasteiger partial charge in [-0.15, -0.1) is 0 Å². The second-order valence-electron chi connectivity index (χ2n) is 3.64. The van der Waals surface area contributed by atoms with Crippen LogP contribution in [0.15, 0.2) is 30.5 Å². The molecule has 0 aliphatic rings. The van der Waals surface area contributed by atoms with Crippen LogP contribution >= 0.6 is 0 Å². The summed E-state index contributed by atoms with van der Waals surface area (Å²) in [5.41, 5.74) is 4.93. The lowest BCUT2D eigenvalue weighted by Crippen LogP contribution is -2.11. The number of benzene rings is 1. The molecule has 16 heavy (non-hydrogen) atoms. The highest BCUT2D eigenvalue weighted by atomic mass is 16.1. The Hall–Kier alpha value is -1.81. The monoisotopic (exact) mass is 217 g/mol. The fraction of sp³-hybridized carbons (Fsp3) is 0.250. The third-order valence-electron chi connectivity index (χ3n) is 2.63.